The topological polar surface area (TPSA) is 49.3 Å². The van der Waals surface area contributed by atoms with E-state index < -0.39 is 0 Å². The van der Waals surface area contributed by atoms with Crippen LogP contribution in [0.25, 0.3) is 0 Å². The largest absolute Gasteiger partial charge is 0.357 e. The van der Waals surface area contributed by atoms with Gasteiger partial charge >= 0.3 is 0 Å². The molecule has 0 bridgehead atoms. The minimum atomic E-state index is 0. The van der Waals surface area contributed by atoms with Crippen molar-refractivity contribution >= 4 is 41.5 Å². The number of rotatable bonds is 4. The fraction of sp³-hybridized carbons (Fsp3) is 0.500. The molecule has 0 unspecified atom stereocenters. The molecule has 0 amide bonds. The number of halogens is 2. The summed E-state index contributed by atoms with van der Waals surface area (Å²) in [6, 6.07) is 4.06. The van der Waals surface area contributed by atoms with Gasteiger partial charge in [0.05, 0.1) is 6.54 Å². The first-order valence-electron chi connectivity index (χ1n) is 5.77. The Labute approximate surface area is 131 Å². The summed E-state index contributed by atoms with van der Waals surface area (Å²) in [6.07, 6.45) is 1.74. The van der Waals surface area contributed by atoms with Crippen molar-refractivity contribution in [2.24, 2.45) is 4.99 Å². The molecule has 0 radical (unpaired) electrons. The molecule has 0 atom stereocenters. The van der Waals surface area contributed by atoms with Gasteiger partial charge in [-0.05, 0) is 32.4 Å². The van der Waals surface area contributed by atoms with E-state index in [0.717, 1.165) is 18.1 Å². The maximum absolute atomic E-state index is 5.72. The van der Waals surface area contributed by atoms with Crippen LogP contribution in [0.1, 0.15) is 26.3 Å². The summed E-state index contributed by atoms with van der Waals surface area (Å²) in [7, 11) is 0. The zero-order chi connectivity index (χ0) is 12.7. The molecule has 0 aromatic carbocycles. The van der Waals surface area contributed by atoms with Gasteiger partial charge in [0, 0.05) is 18.8 Å². The van der Waals surface area contributed by atoms with Gasteiger partial charge in [0.15, 0.2) is 5.96 Å². The van der Waals surface area contributed by atoms with Crippen molar-refractivity contribution in [3.63, 3.8) is 0 Å². The van der Waals surface area contributed by atoms with Gasteiger partial charge in [0.1, 0.15) is 5.15 Å². The van der Waals surface area contributed by atoms with E-state index >= 15 is 0 Å². The van der Waals surface area contributed by atoms with Crippen LogP contribution in [0.2, 0.25) is 5.15 Å². The fourth-order valence-electron chi connectivity index (χ4n) is 1.26. The number of aromatic nitrogens is 1. The van der Waals surface area contributed by atoms with Gasteiger partial charge in [0.25, 0.3) is 0 Å². The van der Waals surface area contributed by atoms with E-state index in [1.54, 1.807) is 12.3 Å². The molecule has 0 saturated carbocycles. The first-order valence-corrected chi connectivity index (χ1v) is 6.15. The van der Waals surface area contributed by atoms with Crippen molar-refractivity contribution in [2.75, 3.05) is 6.54 Å². The average Bonchev–Trinajstić information content (AvgIpc) is 2.27. The van der Waals surface area contributed by atoms with Gasteiger partial charge in [0.2, 0.25) is 0 Å². The van der Waals surface area contributed by atoms with E-state index in [1.807, 2.05) is 13.0 Å². The lowest BCUT2D eigenvalue weighted by Crippen LogP contribution is -2.40. The molecule has 1 heterocycles. The Morgan fingerprint density at radius 2 is 2.17 bits per heavy atom. The predicted molar refractivity (Wildman–Crippen MR) is 87.7 cm³/mol. The highest BCUT2D eigenvalue weighted by molar-refractivity contribution is 14.0. The third-order valence-electron chi connectivity index (χ3n) is 1.98. The zero-order valence-electron chi connectivity index (χ0n) is 10.9. The van der Waals surface area contributed by atoms with Crippen LogP contribution in [0.15, 0.2) is 23.3 Å². The monoisotopic (exact) mass is 382 g/mol. The SMILES string of the molecule is CCNC(=NCc1ccc(Cl)nc1)NC(C)C.I. The summed E-state index contributed by atoms with van der Waals surface area (Å²) in [4.78, 5) is 8.48. The Morgan fingerprint density at radius 3 is 2.67 bits per heavy atom. The molecule has 0 aliphatic heterocycles. The Hall–Kier alpha value is -0.560. The van der Waals surface area contributed by atoms with Gasteiger partial charge in [-0.15, -0.1) is 24.0 Å². The van der Waals surface area contributed by atoms with Crippen LogP contribution in [-0.2, 0) is 6.54 Å². The smallest absolute Gasteiger partial charge is 0.191 e. The summed E-state index contributed by atoms with van der Waals surface area (Å²) in [5.41, 5.74) is 1.04. The first-order chi connectivity index (χ1) is 8.11. The lowest BCUT2D eigenvalue weighted by atomic mass is 10.3. The normalized spacial score (nSPS) is 11.1. The minimum Gasteiger partial charge on any atom is -0.357 e. The van der Waals surface area contributed by atoms with Crippen molar-refractivity contribution in [3.8, 4) is 0 Å². The van der Waals surface area contributed by atoms with E-state index in [4.69, 9.17) is 11.6 Å². The molecule has 0 aliphatic carbocycles. The van der Waals surface area contributed by atoms with Crippen molar-refractivity contribution in [1.29, 1.82) is 0 Å². The number of nitrogens with zero attached hydrogens (tertiary/aromatic N) is 2. The third kappa shape index (κ3) is 7.00. The van der Waals surface area contributed by atoms with Gasteiger partial charge in [-0.2, -0.15) is 0 Å². The first kappa shape index (κ1) is 17.4. The molecular weight excluding hydrogens is 363 g/mol. The predicted octanol–water partition coefficient (Wildman–Crippen LogP) is 2.82. The second kappa shape index (κ2) is 9.38. The number of pyridine rings is 1. The molecule has 0 fully saturated rings. The zero-order valence-corrected chi connectivity index (χ0v) is 14.0. The summed E-state index contributed by atoms with van der Waals surface area (Å²) in [6.45, 7) is 7.64. The summed E-state index contributed by atoms with van der Waals surface area (Å²) in [5.74, 6) is 0.817. The number of aliphatic imine (C=N–C) groups is 1. The van der Waals surface area contributed by atoms with E-state index in [1.165, 1.54) is 0 Å². The number of hydrogen-bond donors (Lipinski definition) is 2. The molecular formula is C12H20ClIN4. The van der Waals surface area contributed by atoms with Crippen molar-refractivity contribution in [2.45, 2.75) is 33.4 Å². The highest BCUT2D eigenvalue weighted by atomic mass is 127. The van der Waals surface area contributed by atoms with E-state index in [0.29, 0.717) is 17.7 Å². The fourth-order valence-corrected chi connectivity index (χ4v) is 1.38. The molecule has 6 heteroatoms. The molecule has 2 N–H and O–H groups in total. The lowest BCUT2D eigenvalue weighted by molar-refractivity contribution is 0.700. The van der Waals surface area contributed by atoms with Crippen LogP contribution in [0.3, 0.4) is 0 Å². The molecule has 0 saturated heterocycles. The van der Waals surface area contributed by atoms with Crippen molar-refractivity contribution < 1.29 is 0 Å². The average molecular weight is 383 g/mol. The van der Waals surface area contributed by atoms with E-state index in [-0.39, 0.29) is 24.0 Å². The minimum absolute atomic E-state index is 0. The second-order valence-corrected chi connectivity index (χ2v) is 4.37. The number of nitrogens with one attached hydrogen (secondary N) is 2. The number of hydrogen-bond acceptors (Lipinski definition) is 2. The Morgan fingerprint density at radius 1 is 1.44 bits per heavy atom. The summed E-state index contributed by atoms with van der Waals surface area (Å²) >= 11 is 5.72. The third-order valence-corrected chi connectivity index (χ3v) is 2.20. The van der Waals surface area contributed by atoms with Crippen LogP contribution >= 0.6 is 35.6 Å². The molecule has 0 spiro atoms. The van der Waals surface area contributed by atoms with Gasteiger partial charge < -0.3 is 10.6 Å². The molecule has 18 heavy (non-hydrogen) atoms. The van der Waals surface area contributed by atoms with Crippen LogP contribution in [-0.4, -0.2) is 23.5 Å². The molecule has 1 aromatic rings. The summed E-state index contributed by atoms with van der Waals surface area (Å²) in [5, 5.41) is 6.95. The molecule has 1 rings (SSSR count). The van der Waals surface area contributed by atoms with Gasteiger partial charge in [-0.25, -0.2) is 9.98 Å². The van der Waals surface area contributed by atoms with E-state index in [9.17, 15) is 0 Å². The standard InChI is InChI=1S/C12H19ClN4.HI/c1-4-14-12(17-9(2)3)16-8-10-5-6-11(13)15-7-10;/h5-7,9H,4,8H2,1-3H3,(H2,14,16,17);1H. The van der Waals surface area contributed by atoms with Gasteiger partial charge in [-0.3, -0.25) is 0 Å². The van der Waals surface area contributed by atoms with Crippen LogP contribution in [0, 0.1) is 0 Å². The Bertz CT molecular complexity index is 365. The quantitative estimate of drug-likeness (QED) is 0.364. The Kier molecular flexibility index (Phi) is 9.09. The highest BCUT2D eigenvalue weighted by Crippen LogP contribution is 2.05. The van der Waals surface area contributed by atoms with Crippen molar-refractivity contribution in [1.82, 2.24) is 15.6 Å². The van der Waals surface area contributed by atoms with Crippen LogP contribution in [0.5, 0.6) is 0 Å². The van der Waals surface area contributed by atoms with Crippen LogP contribution < -0.4 is 10.6 Å². The maximum Gasteiger partial charge on any atom is 0.191 e. The summed E-state index contributed by atoms with van der Waals surface area (Å²) < 4.78 is 0. The Balaban J connectivity index is 0.00000289. The maximum atomic E-state index is 5.72. The molecule has 4 nitrogen and oxygen atoms in total. The molecule has 102 valence electrons. The lowest BCUT2D eigenvalue weighted by Gasteiger charge is -2.13. The number of guanidine groups is 1. The van der Waals surface area contributed by atoms with Crippen LogP contribution in [0.4, 0.5) is 0 Å². The highest BCUT2D eigenvalue weighted by Gasteiger charge is 1.99. The van der Waals surface area contributed by atoms with Crippen molar-refractivity contribution in [3.05, 3.63) is 29.0 Å². The molecule has 0 aliphatic rings. The second-order valence-electron chi connectivity index (χ2n) is 3.98. The molecule has 1 aromatic heterocycles. The van der Waals surface area contributed by atoms with E-state index in [2.05, 4.69) is 34.5 Å². The van der Waals surface area contributed by atoms with Gasteiger partial charge in [-0.1, -0.05) is 17.7 Å².